The molecular formula is C19H21N5O3. The minimum Gasteiger partial charge on any atom is -0.467 e. The molecular weight excluding hydrogens is 346 g/mol. The van der Waals surface area contributed by atoms with E-state index >= 15 is 0 Å². The lowest BCUT2D eigenvalue weighted by molar-refractivity contribution is 0.0731. The molecule has 0 aliphatic carbocycles. The molecule has 1 aliphatic heterocycles. The Morgan fingerprint density at radius 3 is 2.89 bits per heavy atom. The second-order valence-electron chi connectivity index (χ2n) is 6.65. The van der Waals surface area contributed by atoms with Gasteiger partial charge in [-0.25, -0.2) is 4.68 Å². The summed E-state index contributed by atoms with van der Waals surface area (Å²) in [5, 5.41) is 8.45. The fourth-order valence-electron chi connectivity index (χ4n) is 3.49. The molecule has 1 saturated heterocycles. The molecule has 1 atom stereocenters. The van der Waals surface area contributed by atoms with Crippen molar-refractivity contribution in [2.24, 2.45) is 7.05 Å². The average molecular weight is 367 g/mol. The van der Waals surface area contributed by atoms with Crippen molar-refractivity contribution in [3.8, 4) is 17.4 Å². The predicted molar refractivity (Wildman–Crippen MR) is 97.2 cm³/mol. The van der Waals surface area contributed by atoms with E-state index in [2.05, 4.69) is 15.2 Å². The van der Waals surface area contributed by atoms with Gasteiger partial charge in [-0.2, -0.15) is 4.98 Å². The van der Waals surface area contributed by atoms with Gasteiger partial charge < -0.3 is 14.2 Å². The van der Waals surface area contributed by atoms with Crippen LogP contribution >= 0.6 is 0 Å². The molecule has 4 rings (SSSR count). The highest BCUT2D eigenvalue weighted by molar-refractivity contribution is 5.95. The summed E-state index contributed by atoms with van der Waals surface area (Å²) in [7, 11) is 3.31. The Hall–Kier alpha value is -3.16. The van der Waals surface area contributed by atoms with E-state index in [-0.39, 0.29) is 11.9 Å². The molecule has 1 aliphatic rings. The van der Waals surface area contributed by atoms with Crippen LogP contribution in [0, 0.1) is 6.92 Å². The molecule has 0 N–H and O–H groups in total. The number of amides is 1. The van der Waals surface area contributed by atoms with Gasteiger partial charge in [0.2, 0.25) is 0 Å². The van der Waals surface area contributed by atoms with Crippen LogP contribution in [-0.2, 0) is 7.05 Å². The molecule has 2 aromatic heterocycles. The van der Waals surface area contributed by atoms with Crippen molar-refractivity contribution in [2.75, 3.05) is 13.7 Å². The van der Waals surface area contributed by atoms with Crippen LogP contribution in [-0.4, -0.2) is 44.4 Å². The quantitative estimate of drug-likeness (QED) is 0.705. The van der Waals surface area contributed by atoms with Gasteiger partial charge in [-0.3, -0.25) is 4.79 Å². The Kier molecular flexibility index (Phi) is 4.39. The van der Waals surface area contributed by atoms with Crippen molar-refractivity contribution in [1.82, 2.24) is 24.8 Å². The van der Waals surface area contributed by atoms with Crippen molar-refractivity contribution >= 4 is 5.91 Å². The van der Waals surface area contributed by atoms with E-state index in [4.69, 9.17) is 9.26 Å². The molecule has 8 nitrogen and oxygen atoms in total. The summed E-state index contributed by atoms with van der Waals surface area (Å²) in [6.45, 7) is 2.56. The highest BCUT2D eigenvalue weighted by Gasteiger charge is 2.32. The van der Waals surface area contributed by atoms with Gasteiger partial charge in [-0.15, -0.1) is 5.10 Å². The molecule has 1 unspecified atom stereocenters. The Labute approximate surface area is 156 Å². The number of carbonyl (C=O) groups is 1. The third kappa shape index (κ3) is 3.18. The first-order chi connectivity index (χ1) is 13.1. The summed E-state index contributed by atoms with van der Waals surface area (Å²) in [6.07, 6.45) is 1.83. The Morgan fingerprint density at radius 2 is 2.19 bits per heavy atom. The normalized spacial score (nSPS) is 16.7. The van der Waals surface area contributed by atoms with Crippen molar-refractivity contribution in [3.05, 3.63) is 47.3 Å². The number of hydrogen-bond acceptors (Lipinski definition) is 6. The molecule has 1 amide bonds. The van der Waals surface area contributed by atoms with E-state index in [1.807, 2.05) is 42.2 Å². The van der Waals surface area contributed by atoms with Crippen LogP contribution in [0.4, 0.5) is 0 Å². The largest absolute Gasteiger partial charge is 0.467 e. The number of methoxy groups -OCH3 is 1. The van der Waals surface area contributed by atoms with Gasteiger partial charge in [-0.1, -0.05) is 17.3 Å². The van der Waals surface area contributed by atoms with Crippen molar-refractivity contribution in [2.45, 2.75) is 25.8 Å². The highest BCUT2D eigenvalue weighted by atomic mass is 16.5. The van der Waals surface area contributed by atoms with Crippen molar-refractivity contribution < 1.29 is 14.1 Å². The third-order valence-electron chi connectivity index (χ3n) is 4.77. The summed E-state index contributed by atoms with van der Waals surface area (Å²) in [5.74, 6) is 1.25. The Morgan fingerprint density at radius 1 is 1.33 bits per heavy atom. The van der Waals surface area contributed by atoms with Gasteiger partial charge in [-0.05, 0) is 31.9 Å². The zero-order valence-electron chi connectivity index (χ0n) is 15.5. The molecule has 0 radical (unpaired) electrons. The summed E-state index contributed by atoms with van der Waals surface area (Å²) in [5.41, 5.74) is 2.18. The first-order valence-electron chi connectivity index (χ1n) is 8.86. The first kappa shape index (κ1) is 17.3. The molecule has 3 heterocycles. The van der Waals surface area contributed by atoms with Crippen LogP contribution in [0.25, 0.3) is 11.4 Å². The van der Waals surface area contributed by atoms with E-state index in [1.165, 1.54) is 0 Å². The standard InChI is InChI=1S/C19H21N5O3/c1-12-10-15(22-27-12)16-8-5-9-24(16)18(25)14-7-4-6-13(11-14)17-20-19(26-3)23(2)21-17/h4,6-7,10-11,16H,5,8-9H2,1-3H3. The van der Waals surface area contributed by atoms with Crippen molar-refractivity contribution in [1.29, 1.82) is 0 Å². The molecule has 1 aromatic carbocycles. The van der Waals surface area contributed by atoms with Gasteiger partial charge in [0.25, 0.3) is 5.91 Å². The fraction of sp³-hybridized carbons (Fsp3) is 0.368. The van der Waals surface area contributed by atoms with Crippen LogP contribution in [0.1, 0.15) is 40.7 Å². The number of nitrogens with zero attached hydrogens (tertiary/aromatic N) is 5. The SMILES string of the molecule is COc1nc(-c2cccc(C(=O)N3CCCC3c3cc(C)on3)c2)nn1C. The molecule has 3 aromatic rings. The zero-order valence-corrected chi connectivity index (χ0v) is 15.5. The number of carbonyl (C=O) groups excluding carboxylic acids is 1. The molecule has 27 heavy (non-hydrogen) atoms. The third-order valence-corrected chi connectivity index (χ3v) is 4.77. The monoisotopic (exact) mass is 367 g/mol. The smallest absolute Gasteiger partial charge is 0.314 e. The minimum atomic E-state index is -0.0494. The summed E-state index contributed by atoms with van der Waals surface area (Å²) < 4.78 is 11.9. The number of likely N-dealkylation sites (tertiary alicyclic amines) is 1. The van der Waals surface area contributed by atoms with E-state index in [0.717, 1.165) is 29.9 Å². The highest BCUT2D eigenvalue weighted by Crippen LogP contribution is 2.33. The van der Waals surface area contributed by atoms with E-state index < -0.39 is 0 Å². The summed E-state index contributed by atoms with van der Waals surface area (Å²) >= 11 is 0. The maximum atomic E-state index is 13.1. The van der Waals surface area contributed by atoms with Gasteiger partial charge in [0.15, 0.2) is 5.82 Å². The van der Waals surface area contributed by atoms with Gasteiger partial charge in [0.05, 0.1) is 13.2 Å². The van der Waals surface area contributed by atoms with Crippen LogP contribution in [0.2, 0.25) is 0 Å². The molecule has 140 valence electrons. The Bertz CT molecular complexity index is 977. The summed E-state index contributed by atoms with van der Waals surface area (Å²) in [4.78, 5) is 19.4. The number of aromatic nitrogens is 4. The molecule has 0 bridgehead atoms. The van der Waals surface area contributed by atoms with E-state index in [9.17, 15) is 4.79 Å². The maximum Gasteiger partial charge on any atom is 0.314 e. The second-order valence-corrected chi connectivity index (χ2v) is 6.65. The molecule has 8 heteroatoms. The number of hydrogen-bond donors (Lipinski definition) is 0. The van der Waals surface area contributed by atoms with E-state index in [1.54, 1.807) is 18.8 Å². The molecule has 0 saturated carbocycles. The fourth-order valence-corrected chi connectivity index (χ4v) is 3.49. The van der Waals surface area contributed by atoms with Crippen LogP contribution in [0.15, 0.2) is 34.9 Å². The van der Waals surface area contributed by atoms with Gasteiger partial charge >= 0.3 is 6.01 Å². The van der Waals surface area contributed by atoms with Gasteiger partial charge in [0.1, 0.15) is 11.5 Å². The van der Waals surface area contributed by atoms with Crippen LogP contribution < -0.4 is 4.74 Å². The minimum absolute atomic E-state index is 0.0251. The average Bonchev–Trinajstić information content (AvgIpc) is 3.40. The lowest BCUT2D eigenvalue weighted by Gasteiger charge is -2.23. The summed E-state index contributed by atoms with van der Waals surface area (Å²) in [6, 6.07) is 9.63. The lowest BCUT2D eigenvalue weighted by atomic mass is 10.1. The maximum absolute atomic E-state index is 13.1. The predicted octanol–water partition coefficient (Wildman–Crippen LogP) is 2.76. The lowest BCUT2D eigenvalue weighted by Crippen LogP contribution is -2.30. The number of ether oxygens (including phenoxy) is 1. The first-order valence-corrected chi connectivity index (χ1v) is 8.86. The molecule has 1 fully saturated rings. The zero-order chi connectivity index (χ0) is 19.0. The number of benzene rings is 1. The second kappa shape index (κ2) is 6.86. The van der Waals surface area contributed by atoms with E-state index in [0.29, 0.717) is 23.9 Å². The number of rotatable bonds is 4. The van der Waals surface area contributed by atoms with Crippen LogP contribution in [0.3, 0.4) is 0 Å². The van der Waals surface area contributed by atoms with Crippen molar-refractivity contribution in [3.63, 3.8) is 0 Å². The van der Waals surface area contributed by atoms with Gasteiger partial charge in [0, 0.05) is 30.8 Å². The molecule has 0 spiro atoms. The Balaban J connectivity index is 1.62. The topological polar surface area (TPSA) is 86.3 Å². The number of aryl methyl sites for hydroxylation is 2. The van der Waals surface area contributed by atoms with Crippen LogP contribution in [0.5, 0.6) is 6.01 Å².